The van der Waals surface area contributed by atoms with Crippen LogP contribution < -0.4 is 4.90 Å². The van der Waals surface area contributed by atoms with Crippen LogP contribution in [0.4, 0.5) is 5.69 Å². The van der Waals surface area contributed by atoms with E-state index < -0.39 is 0 Å². The van der Waals surface area contributed by atoms with Crippen molar-refractivity contribution < 1.29 is 5.11 Å². The second-order valence-electron chi connectivity index (χ2n) is 4.94. The summed E-state index contributed by atoms with van der Waals surface area (Å²) in [5.74, 6) is 0. The fourth-order valence-corrected chi connectivity index (χ4v) is 2.62. The van der Waals surface area contributed by atoms with Gasteiger partial charge in [0.15, 0.2) is 0 Å². The molecule has 0 aromatic heterocycles. The number of aliphatic hydroxyl groups excluding tert-OH is 1. The van der Waals surface area contributed by atoms with Crippen molar-refractivity contribution in [1.82, 2.24) is 0 Å². The Morgan fingerprint density at radius 2 is 1.89 bits per heavy atom. The first-order chi connectivity index (χ1) is 9.35. The summed E-state index contributed by atoms with van der Waals surface area (Å²) >= 11 is 0. The zero-order chi connectivity index (χ0) is 13.2. The van der Waals surface area contributed by atoms with Gasteiger partial charge in [0.1, 0.15) is 0 Å². The molecule has 0 unspecified atom stereocenters. The van der Waals surface area contributed by atoms with Crippen LogP contribution in [0, 0.1) is 11.3 Å². The normalized spacial score (nSPS) is 14.3. The summed E-state index contributed by atoms with van der Waals surface area (Å²) in [5, 5.41) is 20.5. The van der Waals surface area contributed by atoms with Crippen molar-refractivity contribution in [2.75, 3.05) is 18.1 Å². The third-order valence-corrected chi connectivity index (χ3v) is 3.66. The Bertz CT molecular complexity index is 641. The molecule has 1 N–H and O–H groups in total. The summed E-state index contributed by atoms with van der Waals surface area (Å²) in [6, 6.07) is 14.7. The zero-order valence-electron chi connectivity index (χ0n) is 10.7. The number of hydrogen-bond donors (Lipinski definition) is 1. The van der Waals surface area contributed by atoms with Crippen LogP contribution in [-0.2, 0) is 0 Å². The lowest BCUT2D eigenvalue weighted by Gasteiger charge is -2.25. The number of nitriles is 1. The number of rotatable bonds is 4. The van der Waals surface area contributed by atoms with Crippen LogP contribution in [0.15, 0.2) is 36.4 Å². The Balaban J connectivity index is 2.16. The lowest BCUT2D eigenvalue weighted by molar-refractivity contribution is 0.301. The van der Waals surface area contributed by atoms with Crippen LogP contribution in [0.25, 0.3) is 10.8 Å². The highest BCUT2D eigenvalue weighted by atomic mass is 16.3. The number of benzene rings is 2. The Kier molecular flexibility index (Phi) is 3.10. The maximum atomic E-state index is 9.25. The monoisotopic (exact) mass is 252 g/mol. The zero-order valence-corrected chi connectivity index (χ0v) is 10.7. The lowest BCUT2D eigenvalue weighted by atomic mass is 10.0. The van der Waals surface area contributed by atoms with Gasteiger partial charge in [0.05, 0.1) is 18.2 Å². The molecule has 0 bridgehead atoms. The first-order valence-electron chi connectivity index (χ1n) is 6.64. The van der Waals surface area contributed by atoms with E-state index in [2.05, 4.69) is 17.0 Å². The standard InChI is InChI=1S/C16H16N2O/c17-11-12-5-8-16(15-4-2-1-3-14(12)15)18(9-10-19)13-6-7-13/h1-5,8,13,19H,6-7,9-10H2. The van der Waals surface area contributed by atoms with Gasteiger partial charge in [-0.15, -0.1) is 0 Å². The predicted octanol–water partition coefficient (Wildman–Crippen LogP) is 2.67. The van der Waals surface area contributed by atoms with Crippen molar-refractivity contribution >= 4 is 16.5 Å². The van der Waals surface area contributed by atoms with Gasteiger partial charge in [-0.2, -0.15) is 5.26 Å². The molecular formula is C16H16N2O. The molecule has 1 fully saturated rings. The minimum absolute atomic E-state index is 0.158. The fourth-order valence-electron chi connectivity index (χ4n) is 2.62. The van der Waals surface area contributed by atoms with Gasteiger partial charge in [0, 0.05) is 29.0 Å². The minimum Gasteiger partial charge on any atom is -0.395 e. The third kappa shape index (κ3) is 2.16. The Morgan fingerprint density at radius 3 is 2.53 bits per heavy atom. The van der Waals surface area contributed by atoms with Crippen molar-refractivity contribution in [3.63, 3.8) is 0 Å². The second kappa shape index (κ2) is 4.91. The predicted molar refractivity (Wildman–Crippen MR) is 76.1 cm³/mol. The van der Waals surface area contributed by atoms with Crippen LogP contribution in [-0.4, -0.2) is 24.3 Å². The number of nitrogens with zero attached hydrogens (tertiary/aromatic N) is 2. The van der Waals surface area contributed by atoms with Crippen LogP contribution in [0.2, 0.25) is 0 Å². The summed E-state index contributed by atoms with van der Waals surface area (Å²) in [4.78, 5) is 2.27. The van der Waals surface area contributed by atoms with E-state index in [1.54, 1.807) is 0 Å². The maximum Gasteiger partial charge on any atom is 0.0998 e. The highest BCUT2D eigenvalue weighted by molar-refractivity contribution is 5.98. The number of fused-ring (bicyclic) bond motifs is 1. The molecule has 0 aliphatic heterocycles. The smallest absolute Gasteiger partial charge is 0.0998 e. The van der Waals surface area contributed by atoms with Gasteiger partial charge in [0.25, 0.3) is 0 Å². The van der Waals surface area contributed by atoms with Crippen molar-refractivity contribution in [2.45, 2.75) is 18.9 Å². The quantitative estimate of drug-likeness (QED) is 0.910. The van der Waals surface area contributed by atoms with Crippen LogP contribution >= 0.6 is 0 Å². The van der Waals surface area contributed by atoms with E-state index in [1.165, 1.54) is 12.8 Å². The first kappa shape index (κ1) is 12.0. The van der Waals surface area contributed by atoms with Gasteiger partial charge in [-0.25, -0.2) is 0 Å². The van der Waals surface area contributed by atoms with Gasteiger partial charge in [-0.1, -0.05) is 24.3 Å². The van der Waals surface area contributed by atoms with Crippen molar-refractivity contribution in [3.05, 3.63) is 42.0 Å². The molecule has 19 heavy (non-hydrogen) atoms. The number of hydrogen-bond acceptors (Lipinski definition) is 3. The molecule has 0 atom stereocenters. The first-order valence-corrected chi connectivity index (χ1v) is 6.64. The van der Waals surface area contributed by atoms with E-state index in [1.807, 2.05) is 30.3 Å². The number of aliphatic hydroxyl groups is 1. The molecule has 1 aliphatic carbocycles. The Morgan fingerprint density at radius 1 is 1.16 bits per heavy atom. The van der Waals surface area contributed by atoms with Gasteiger partial charge in [-0.05, 0) is 25.0 Å². The van der Waals surface area contributed by atoms with Crippen molar-refractivity contribution in [2.24, 2.45) is 0 Å². The van der Waals surface area contributed by atoms with E-state index in [4.69, 9.17) is 0 Å². The molecule has 0 saturated heterocycles. The average molecular weight is 252 g/mol. The summed E-state index contributed by atoms with van der Waals surface area (Å²) < 4.78 is 0. The highest BCUT2D eigenvalue weighted by Gasteiger charge is 2.29. The van der Waals surface area contributed by atoms with Crippen LogP contribution in [0.5, 0.6) is 0 Å². The third-order valence-electron chi connectivity index (χ3n) is 3.66. The maximum absolute atomic E-state index is 9.25. The molecular weight excluding hydrogens is 236 g/mol. The molecule has 0 amide bonds. The minimum atomic E-state index is 0.158. The Labute approximate surface area is 112 Å². The average Bonchev–Trinajstić information content (AvgIpc) is 3.28. The molecule has 96 valence electrons. The van der Waals surface area contributed by atoms with E-state index in [-0.39, 0.29) is 6.61 Å². The molecule has 0 spiro atoms. The van der Waals surface area contributed by atoms with E-state index in [0.717, 1.165) is 16.5 Å². The van der Waals surface area contributed by atoms with Gasteiger partial charge in [-0.3, -0.25) is 0 Å². The van der Waals surface area contributed by atoms with Gasteiger partial charge in [0.2, 0.25) is 0 Å². The largest absolute Gasteiger partial charge is 0.395 e. The number of anilines is 1. The van der Waals surface area contributed by atoms with Crippen molar-refractivity contribution in [3.8, 4) is 6.07 Å². The summed E-state index contributed by atoms with van der Waals surface area (Å²) in [6.07, 6.45) is 2.38. The van der Waals surface area contributed by atoms with E-state index in [0.29, 0.717) is 18.2 Å². The molecule has 0 heterocycles. The molecule has 3 nitrogen and oxygen atoms in total. The lowest BCUT2D eigenvalue weighted by Crippen LogP contribution is -2.29. The van der Waals surface area contributed by atoms with E-state index >= 15 is 0 Å². The van der Waals surface area contributed by atoms with E-state index in [9.17, 15) is 10.4 Å². The molecule has 3 heteroatoms. The SMILES string of the molecule is N#Cc1ccc(N(CCO)C2CC2)c2ccccc12. The summed E-state index contributed by atoms with van der Waals surface area (Å²) in [6.45, 7) is 0.811. The molecule has 2 aromatic rings. The topological polar surface area (TPSA) is 47.3 Å². The second-order valence-corrected chi connectivity index (χ2v) is 4.94. The van der Waals surface area contributed by atoms with Crippen LogP contribution in [0.3, 0.4) is 0 Å². The molecule has 2 aromatic carbocycles. The van der Waals surface area contributed by atoms with Crippen LogP contribution in [0.1, 0.15) is 18.4 Å². The Hall–Kier alpha value is -2.05. The summed E-state index contributed by atoms with van der Waals surface area (Å²) in [5.41, 5.74) is 1.84. The fraction of sp³-hybridized carbons (Fsp3) is 0.312. The molecule has 0 radical (unpaired) electrons. The van der Waals surface area contributed by atoms with Crippen molar-refractivity contribution in [1.29, 1.82) is 5.26 Å². The summed E-state index contributed by atoms with van der Waals surface area (Å²) in [7, 11) is 0. The molecule has 1 aliphatic rings. The highest BCUT2D eigenvalue weighted by Crippen LogP contribution is 2.36. The van der Waals surface area contributed by atoms with Gasteiger partial charge < -0.3 is 10.0 Å². The van der Waals surface area contributed by atoms with Gasteiger partial charge >= 0.3 is 0 Å². The molecule has 3 rings (SSSR count). The molecule has 1 saturated carbocycles.